The van der Waals surface area contributed by atoms with Crippen molar-refractivity contribution in [3.63, 3.8) is 0 Å². The normalized spacial score (nSPS) is 18.3. The number of nitrogens with one attached hydrogen (secondary N) is 1. The number of rotatable bonds is 8. The minimum atomic E-state index is -1.03. The molecule has 178 valence electrons. The lowest BCUT2D eigenvalue weighted by Crippen LogP contribution is -2.46. The first-order valence-electron chi connectivity index (χ1n) is 11.4. The van der Waals surface area contributed by atoms with E-state index in [1.165, 1.54) is 0 Å². The molecule has 4 N–H and O–H groups in total. The number of morpholine rings is 1. The molecule has 1 unspecified atom stereocenters. The quantitative estimate of drug-likeness (QED) is 0.454. The Balaban J connectivity index is 1.42. The summed E-state index contributed by atoms with van der Waals surface area (Å²) in [6.07, 6.45) is 6.88. The van der Waals surface area contributed by atoms with Gasteiger partial charge in [0.05, 0.1) is 36.6 Å². The molecule has 3 aromatic heterocycles. The summed E-state index contributed by atoms with van der Waals surface area (Å²) in [4.78, 5) is 39.8. The van der Waals surface area contributed by atoms with E-state index in [9.17, 15) is 14.7 Å². The summed E-state index contributed by atoms with van der Waals surface area (Å²) in [6.45, 7) is 2.99. The lowest BCUT2D eigenvalue weighted by atomic mass is 9.63. The molecule has 1 saturated heterocycles. The van der Waals surface area contributed by atoms with Gasteiger partial charge in [0.25, 0.3) is 0 Å². The van der Waals surface area contributed by atoms with Crippen LogP contribution in [0.4, 0.5) is 17.5 Å². The van der Waals surface area contributed by atoms with Gasteiger partial charge in [-0.15, -0.1) is 0 Å². The van der Waals surface area contributed by atoms with Crippen LogP contribution in [0.3, 0.4) is 0 Å². The molecule has 34 heavy (non-hydrogen) atoms. The van der Waals surface area contributed by atoms with Gasteiger partial charge >= 0.3 is 5.97 Å². The van der Waals surface area contributed by atoms with Crippen LogP contribution in [0, 0.1) is 5.41 Å². The third-order valence-corrected chi connectivity index (χ3v) is 6.83. The van der Waals surface area contributed by atoms with E-state index in [2.05, 4.69) is 25.2 Å². The maximum absolute atomic E-state index is 12.2. The summed E-state index contributed by atoms with van der Waals surface area (Å²) in [5.41, 5.74) is 5.76. The van der Waals surface area contributed by atoms with Crippen LogP contribution in [0.2, 0.25) is 0 Å². The molecule has 0 spiro atoms. The second-order valence-corrected chi connectivity index (χ2v) is 8.83. The summed E-state index contributed by atoms with van der Waals surface area (Å²) in [7, 11) is 0. The first-order chi connectivity index (χ1) is 16.5. The second kappa shape index (κ2) is 8.90. The van der Waals surface area contributed by atoms with Gasteiger partial charge in [0.15, 0.2) is 0 Å². The zero-order chi connectivity index (χ0) is 23.7. The van der Waals surface area contributed by atoms with Crippen molar-refractivity contribution in [3.05, 3.63) is 36.8 Å². The molecule has 5 rings (SSSR count). The number of hydrogen-bond acceptors (Lipinski definition) is 8. The topological polar surface area (TPSA) is 148 Å². The van der Waals surface area contributed by atoms with E-state index in [-0.39, 0.29) is 6.42 Å². The van der Waals surface area contributed by atoms with Gasteiger partial charge in [0.2, 0.25) is 11.9 Å². The number of pyridine rings is 1. The number of amides is 1. The summed E-state index contributed by atoms with van der Waals surface area (Å²) in [5.74, 6) is -0.221. The van der Waals surface area contributed by atoms with E-state index in [4.69, 9.17) is 10.5 Å². The van der Waals surface area contributed by atoms with Gasteiger partial charge in [-0.05, 0) is 31.0 Å². The predicted octanol–water partition coefficient (Wildman–Crippen LogP) is 2.08. The van der Waals surface area contributed by atoms with Crippen LogP contribution in [-0.2, 0) is 14.3 Å². The maximum atomic E-state index is 12.2. The van der Waals surface area contributed by atoms with E-state index >= 15 is 0 Å². The average molecular weight is 466 g/mol. The van der Waals surface area contributed by atoms with Crippen LogP contribution in [-0.4, -0.2) is 62.8 Å². The molecule has 1 atom stereocenters. The lowest BCUT2D eigenvalue weighted by Gasteiger charge is -2.44. The SMILES string of the molecule is NC(=O)CC(n1ccc2cnc(Nc3ccc(N4CCOCC4)nc3)nc21)C1(C(=O)O)CCC1. The smallest absolute Gasteiger partial charge is 0.311 e. The Morgan fingerprint density at radius 1 is 1.18 bits per heavy atom. The summed E-state index contributed by atoms with van der Waals surface area (Å²) < 4.78 is 7.15. The number of hydrogen-bond donors (Lipinski definition) is 3. The van der Waals surface area contributed by atoms with Gasteiger partial charge < -0.3 is 30.4 Å². The van der Waals surface area contributed by atoms with Crippen LogP contribution in [0.25, 0.3) is 11.0 Å². The zero-order valence-electron chi connectivity index (χ0n) is 18.7. The third kappa shape index (κ3) is 4.03. The minimum Gasteiger partial charge on any atom is -0.481 e. The molecule has 2 aliphatic rings. The Labute approximate surface area is 195 Å². The van der Waals surface area contributed by atoms with Crippen molar-refractivity contribution >= 4 is 40.4 Å². The number of anilines is 3. The van der Waals surface area contributed by atoms with Crippen molar-refractivity contribution in [2.45, 2.75) is 31.7 Å². The van der Waals surface area contributed by atoms with E-state index < -0.39 is 23.3 Å². The molecule has 1 aliphatic carbocycles. The fourth-order valence-electron chi connectivity index (χ4n) is 4.82. The Kier molecular flexibility index (Phi) is 5.78. The Hall–Kier alpha value is -3.73. The van der Waals surface area contributed by atoms with E-state index in [1.807, 2.05) is 18.2 Å². The van der Waals surface area contributed by atoms with Crippen LogP contribution in [0.15, 0.2) is 36.8 Å². The standard InChI is InChI=1S/C23H27N7O4/c24-18(31)12-17(23(21(32)33)5-1-6-23)30-7-4-15-13-26-22(28-20(15)30)27-16-2-3-19(25-14-16)29-8-10-34-11-9-29/h2-4,7,13-14,17H,1,5-6,8-12H2,(H2,24,31)(H,32,33)(H,26,27,28). The molecule has 11 nitrogen and oxygen atoms in total. The van der Waals surface area contributed by atoms with E-state index in [0.717, 1.165) is 36.4 Å². The molecule has 1 saturated carbocycles. The molecule has 11 heteroatoms. The number of aliphatic carboxylic acids is 1. The number of carbonyl (C=O) groups excluding carboxylic acids is 1. The second-order valence-electron chi connectivity index (χ2n) is 8.83. The van der Waals surface area contributed by atoms with Crippen LogP contribution in [0.5, 0.6) is 0 Å². The summed E-state index contributed by atoms with van der Waals surface area (Å²) in [6, 6.07) is 5.05. The average Bonchev–Trinajstić information content (AvgIpc) is 3.21. The van der Waals surface area contributed by atoms with Crippen LogP contribution < -0.4 is 16.0 Å². The molecule has 4 heterocycles. The van der Waals surface area contributed by atoms with Crippen molar-refractivity contribution in [1.29, 1.82) is 0 Å². The summed E-state index contributed by atoms with van der Waals surface area (Å²) >= 11 is 0. The number of carbonyl (C=O) groups is 2. The molecule has 0 aromatic carbocycles. The van der Waals surface area contributed by atoms with Crippen LogP contribution in [0.1, 0.15) is 31.7 Å². The first kappa shape index (κ1) is 22.1. The van der Waals surface area contributed by atoms with Gasteiger partial charge in [0.1, 0.15) is 11.5 Å². The fraction of sp³-hybridized carbons (Fsp3) is 0.435. The molecular weight excluding hydrogens is 438 g/mol. The van der Waals surface area contributed by atoms with Crippen molar-refractivity contribution in [1.82, 2.24) is 19.5 Å². The molecular formula is C23H27N7O4. The molecule has 2 fully saturated rings. The number of primary amides is 1. The maximum Gasteiger partial charge on any atom is 0.311 e. The molecule has 1 amide bonds. The van der Waals surface area contributed by atoms with Crippen molar-refractivity contribution in [3.8, 4) is 0 Å². The number of carboxylic acid groups (broad SMARTS) is 1. The van der Waals surface area contributed by atoms with Gasteiger partial charge in [-0.3, -0.25) is 9.59 Å². The zero-order valence-corrected chi connectivity index (χ0v) is 18.7. The summed E-state index contributed by atoms with van der Waals surface area (Å²) in [5, 5.41) is 13.9. The van der Waals surface area contributed by atoms with E-state index in [0.29, 0.717) is 37.7 Å². The Morgan fingerprint density at radius 2 is 1.97 bits per heavy atom. The highest BCUT2D eigenvalue weighted by atomic mass is 16.5. The van der Waals surface area contributed by atoms with E-state index in [1.54, 1.807) is 23.2 Å². The van der Waals surface area contributed by atoms with Crippen molar-refractivity contribution in [2.24, 2.45) is 11.1 Å². The van der Waals surface area contributed by atoms with Crippen LogP contribution >= 0.6 is 0 Å². The van der Waals surface area contributed by atoms with Gasteiger partial charge in [-0.25, -0.2) is 9.97 Å². The highest BCUT2D eigenvalue weighted by Gasteiger charge is 2.52. The molecule has 1 aliphatic heterocycles. The van der Waals surface area contributed by atoms with Gasteiger partial charge in [0, 0.05) is 37.3 Å². The Bertz CT molecular complexity index is 1200. The third-order valence-electron chi connectivity index (χ3n) is 6.83. The first-order valence-corrected chi connectivity index (χ1v) is 11.4. The number of fused-ring (bicyclic) bond motifs is 1. The minimum absolute atomic E-state index is 0.0736. The highest BCUT2D eigenvalue weighted by molar-refractivity contribution is 5.82. The monoisotopic (exact) mass is 465 g/mol. The van der Waals surface area contributed by atoms with Crippen molar-refractivity contribution in [2.75, 3.05) is 36.5 Å². The fourth-order valence-corrected chi connectivity index (χ4v) is 4.82. The largest absolute Gasteiger partial charge is 0.481 e. The number of nitrogens with two attached hydrogens (primary N) is 1. The predicted molar refractivity (Wildman–Crippen MR) is 125 cm³/mol. The lowest BCUT2D eigenvalue weighted by molar-refractivity contribution is -0.159. The van der Waals surface area contributed by atoms with Crippen molar-refractivity contribution < 1.29 is 19.4 Å². The molecule has 3 aromatic rings. The number of carboxylic acids is 1. The number of ether oxygens (including phenoxy) is 1. The number of nitrogens with zero attached hydrogens (tertiary/aromatic N) is 5. The molecule has 0 radical (unpaired) electrons. The Morgan fingerprint density at radius 3 is 2.59 bits per heavy atom. The molecule has 0 bridgehead atoms. The highest BCUT2D eigenvalue weighted by Crippen LogP contribution is 2.51. The van der Waals surface area contributed by atoms with Gasteiger partial charge in [-0.1, -0.05) is 6.42 Å². The van der Waals surface area contributed by atoms with Gasteiger partial charge in [-0.2, -0.15) is 4.98 Å². The number of aromatic nitrogens is 4.